The van der Waals surface area contributed by atoms with Crippen molar-refractivity contribution >= 4 is 24.4 Å². The second-order valence-corrected chi connectivity index (χ2v) is 5.91. The van der Waals surface area contributed by atoms with Crippen LogP contribution in [0.2, 0.25) is 0 Å². The fourth-order valence-electron chi connectivity index (χ4n) is 2.28. The quantitative estimate of drug-likeness (QED) is 0.574. The third kappa shape index (κ3) is 3.70. The maximum Gasteiger partial charge on any atom is 0.179 e. The van der Waals surface area contributed by atoms with Crippen LogP contribution in [-0.4, -0.2) is 18.3 Å². The fourth-order valence-corrected chi connectivity index (χ4v) is 2.71. The van der Waals surface area contributed by atoms with Gasteiger partial charge in [-0.05, 0) is 37.3 Å². The van der Waals surface area contributed by atoms with Gasteiger partial charge in [0.05, 0.1) is 0 Å². The Bertz CT molecular complexity index is 601. The second-order valence-electron chi connectivity index (χ2n) is 5.18. The summed E-state index contributed by atoms with van der Waals surface area (Å²) in [4.78, 5) is 0. The molecule has 0 spiro atoms. The molecule has 2 aromatic rings. The Morgan fingerprint density at radius 1 is 0.700 bits per heavy atom. The minimum absolute atomic E-state index is 0.903. The summed E-state index contributed by atoms with van der Waals surface area (Å²) in [5.74, 6) is 0. The van der Waals surface area contributed by atoms with Gasteiger partial charge in [-0.15, -0.1) is 0 Å². The van der Waals surface area contributed by atoms with Crippen molar-refractivity contribution in [3.63, 3.8) is 0 Å². The van der Waals surface area contributed by atoms with Crippen molar-refractivity contribution in [1.29, 1.82) is 0 Å². The third-order valence-corrected chi connectivity index (χ3v) is 4.63. The molecule has 0 N–H and O–H groups in total. The Morgan fingerprint density at radius 2 is 1.10 bits per heavy atom. The van der Waals surface area contributed by atoms with Gasteiger partial charge in [0.1, 0.15) is 0 Å². The van der Waals surface area contributed by atoms with E-state index in [1.165, 1.54) is 25.7 Å². The highest BCUT2D eigenvalue weighted by Gasteiger charge is 1.98. The van der Waals surface area contributed by atoms with Crippen molar-refractivity contribution < 1.29 is 0 Å². The standard InChI is InChI=1S/C14H22N4S2/c1-15-9-11-17(13(15)19)7-5-3-4-6-8-18-12-10-16(2)14(18)20/h9-12H,3-8H2,1-2H3. The zero-order valence-corrected chi connectivity index (χ0v) is 13.8. The number of nitrogens with zero attached hydrogens (tertiary/aromatic N) is 4. The highest BCUT2D eigenvalue weighted by atomic mass is 32.1. The molecule has 0 saturated carbocycles. The van der Waals surface area contributed by atoms with E-state index < -0.39 is 0 Å². The summed E-state index contributed by atoms with van der Waals surface area (Å²) in [5, 5.41) is 0. The number of hydrogen-bond donors (Lipinski definition) is 0. The topological polar surface area (TPSA) is 19.7 Å². The van der Waals surface area contributed by atoms with E-state index in [1.807, 2.05) is 35.6 Å². The Hall–Kier alpha value is -1.14. The largest absolute Gasteiger partial charge is 0.327 e. The molecule has 0 atom stereocenters. The van der Waals surface area contributed by atoms with Gasteiger partial charge in [0, 0.05) is 52.0 Å². The number of aromatic nitrogens is 4. The van der Waals surface area contributed by atoms with E-state index in [9.17, 15) is 0 Å². The van der Waals surface area contributed by atoms with Crippen LogP contribution in [0.1, 0.15) is 25.7 Å². The van der Waals surface area contributed by atoms with Gasteiger partial charge in [0.25, 0.3) is 0 Å². The smallest absolute Gasteiger partial charge is 0.179 e. The molecule has 0 aliphatic carbocycles. The van der Waals surface area contributed by atoms with E-state index in [4.69, 9.17) is 24.4 Å². The molecule has 0 fully saturated rings. The van der Waals surface area contributed by atoms with E-state index >= 15 is 0 Å². The summed E-state index contributed by atoms with van der Waals surface area (Å²) >= 11 is 10.6. The third-order valence-electron chi connectivity index (χ3n) is 3.58. The Kier molecular flexibility index (Phi) is 5.37. The first kappa shape index (κ1) is 15.3. The number of aryl methyl sites for hydroxylation is 4. The molecule has 2 aromatic heterocycles. The fraction of sp³-hybridized carbons (Fsp3) is 0.571. The zero-order chi connectivity index (χ0) is 14.5. The molecule has 2 rings (SSSR count). The molecule has 0 radical (unpaired) electrons. The molecule has 6 heteroatoms. The van der Waals surface area contributed by atoms with E-state index in [0.29, 0.717) is 0 Å². The van der Waals surface area contributed by atoms with Crippen LogP contribution >= 0.6 is 24.4 Å². The predicted molar refractivity (Wildman–Crippen MR) is 86.9 cm³/mol. The van der Waals surface area contributed by atoms with Gasteiger partial charge in [-0.2, -0.15) is 0 Å². The lowest BCUT2D eigenvalue weighted by Gasteiger charge is -2.04. The molecule has 2 heterocycles. The summed E-state index contributed by atoms with van der Waals surface area (Å²) in [7, 11) is 3.98. The lowest BCUT2D eigenvalue weighted by molar-refractivity contribution is 0.531. The van der Waals surface area contributed by atoms with Crippen molar-refractivity contribution in [1.82, 2.24) is 18.3 Å². The molecule has 0 unspecified atom stereocenters. The molecule has 4 nitrogen and oxygen atoms in total. The zero-order valence-electron chi connectivity index (χ0n) is 12.2. The van der Waals surface area contributed by atoms with Crippen LogP contribution < -0.4 is 0 Å². The van der Waals surface area contributed by atoms with Crippen LogP contribution in [0.5, 0.6) is 0 Å². The lowest BCUT2D eigenvalue weighted by Crippen LogP contribution is -2.00. The van der Waals surface area contributed by atoms with Crippen molar-refractivity contribution in [3.8, 4) is 0 Å². The molecular formula is C14H22N4S2. The van der Waals surface area contributed by atoms with Gasteiger partial charge >= 0.3 is 0 Å². The molecule has 0 aliphatic rings. The Balaban J connectivity index is 1.65. The predicted octanol–water partition coefficient (Wildman–Crippen LogP) is 3.69. The molecular weight excluding hydrogens is 288 g/mol. The number of unbranched alkanes of at least 4 members (excludes halogenated alkanes) is 3. The number of imidazole rings is 2. The Morgan fingerprint density at radius 3 is 1.40 bits per heavy atom. The van der Waals surface area contributed by atoms with Gasteiger partial charge in [0.2, 0.25) is 0 Å². The van der Waals surface area contributed by atoms with Crippen LogP contribution in [0.15, 0.2) is 24.8 Å². The lowest BCUT2D eigenvalue weighted by atomic mass is 10.2. The molecule has 0 aliphatic heterocycles. The average Bonchev–Trinajstić information content (AvgIpc) is 2.92. The monoisotopic (exact) mass is 310 g/mol. The molecule has 0 bridgehead atoms. The van der Waals surface area contributed by atoms with Crippen molar-refractivity contribution in [2.45, 2.75) is 38.8 Å². The van der Waals surface area contributed by atoms with Crippen LogP contribution in [0.25, 0.3) is 0 Å². The van der Waals surface area contributed by atoms with Gasteiger partial charge in [-0.3, -0.25) is 0 Å². The second kappa shape index (κ2) is 7.04. The van der Waals surface area contributed by atoms with Crippen molar-refractivity contribution in [3.05, 3.63) is 34.3 Å². The van der Waals surface area contributed by atoms with Crippen LogP contribution in [0.3, 0.4) is 0 Å². The molecule has 20 heavy (non-hydrogen) atoms. The van der Waals surface area contributed by atoms with Crippen LogP contribution in [0.4, 0.5) is 0 Å². The van der Waals surface area contributed by atoms with Gasteiger partial charge in [-0.1, -0.05) is 12.8 Å². The van der Waals surface area contributed by atoms with E-state index in [0.717, 1.165) is 22.6 Å². The van der Waals surface area contributed by atoms with E-state index in [-0.39, 0.29) is 0 Å². The van der Waals surface area contributed by atoms with E-state index in [2.05, 4.69) is 21.5 Å². The van der Waals surface area contributed by atoms with Crippen LogP contribution in [-0.2, 0) is 27.2 Å². The van der Waals surface area contributed by atoms with Crippen LogP contribution in [0, 0.1) is 9.54 Å². The highest BCUT2D eigenvalue weighted by Crippen LogP contribution is 2.06. The molecule has 0 amide bonds. The normalized spacial score (nSPS) is 11.1. The summed E-state index contributed by atoms with van der Waals surface area (Å²) in [6.07, 6.45) is 13.0. The van der Waals surface area contributed by atoms with Crippen molar-refractivity contribution in [2.75, 3.05) is 0 Å². The highest BCUT2D eigenvalue weighted by molar-refractivity contribution is 7.71. The minimum atomic E-state index is 0.903. The maximum atomic E-state index is 5.32. The number of rotatable bonds is 7. The first-order valence-electron chi connectivity index (χ1n) is 7.03. The summed E-state index contributed by atoms with van der Waals surface area (Å²) in [6.45, 7) is 2.04. The van der Waals surface area contributed by atoms with Gasteiger partial charge < -0.3 is 18.3 Å². The summed E-state index contributed by atoms with van der Waals surface area (Å²) in [6, 6.07) is 0. The summed E-state index contributed by atoms with van der Waals surface area (Å²) < 4.78 is 10.0. The Labute approximate surface area is 130 Å². The molecule has 110 valence electrons. The average molecular weight is 310 g/mol. The van der Waals surface area contributed by atoms with Gasteiger partial charge in [-0.25, -0.2) is 0 Å². The minimum Gasteiger partial charge on any atom is -0.327 e. The van der Waals surface area contributed by atoms with E-state index in [1.54, 1.807) is 0 Å². The van der Waals surface area contributed by atoms with Crippen molar-refractivity contribution in [2.24, 2.45) is 14.1 Å². The first-order chi connectivity index (χ1) is 9.59. The SMILES string of the molecule is Cn1ccn(CCCCCCn2ccn(C)c2=S)c1=S. The molecule has 0 saturated heterocycles. The molecule has 0 aromatic carbocycles. The number of hydrogen-bond acceptors (Lipinski definition) is 2. The first-order valence-corrected chi connectivity index (χ1v) is 7.85. The summed E-state index contributed by atoms with van der Waals surface area (Å²) in [5.41, 5.74) is 0. The maximum absolute atomic E-state index is 5.32. The van der Waals surface area contributed by atoms with Gasteiger partial charge in [0.15, 0.2) is 9.54 Å².